The van der Waals surface area contributed by atoms with Crippen molar-refractivity contribution in [3.05, 3.63) is 47.8 Å². The lowest BCUT2D eigenvalue weighted by Gasteiger charge is -2.10. The van der Waals surface area contributed by atoms with Crippen molar-refractivity contribution in [2.75, 3.05) is 5.73 Å². The molecule has 0 aliphatic carbocycles. The lowest BCUT2D eigenvalue weighted by molar-refractivity contribution is 0.0697. The Balaban J connectivity index is 2.30. The van der Waals surface area contributed by atoms with E-state index in [4.69, 9.17) is 15.6 Å². The highest BCUT2D eigenvalue weighted by atomic mass is 16.5. The maximum Gasteiger partial charge on any atom is 0.335 e. The van der Waals surface area contributed by atoms with Gasteiger partial charge >= 0.3 is 5.97 Å². The van der Waals surface area contributed by atoms with E-state index in [1.807, 2.05) is 6.92 Å². The minimum absolute atomic E-state index is 0.128. The van der Waals surface area contributed by atoms with Gasteiger partial charge in [-0.15, -0.1) is 0 Å². The molecular weight excluding hydrogens is 232 g/mol. The van der Waals surface area contributed by atoms with Crippen LogP contribution in [-0.4, -0.2) is 16.1 Å². The normalized spacial score (nSPS) is 10.1. The average Bonchev–Trinajstić information content (AvgIpc) is 2.34. The van der Waals surface area contributed by atoms with Gasteiger partial charge in [0.2, 0.25) is 0 Å². The Labute approximate surface area is 104 Å². The summed E-state index contributed by atoms with van der Waals surface area (Å²) < 4.78 is 5.59. The summed E-state index contributed by atoms with van der Waals surface area (Å²) in [4.78, 5) is 14.9. The monoisotopic (exact) mass is 244 g/mol. The van der Waals surface area contributed by atoms with E-state index in [2.05, 4.69) is 4.98 Å². The van der Waals surface area contributed by atoms with Gasteiger partial charge in [-0.1, -0.05) is 0 Å². The number of pyridine rings is 1. The van der Waals surface area contributed by atoms with Gasteiger partial charge in [0.05, 0.1) is 16.9 Å². The number of nitrogens with zero attached hydrogens (tertiary/aromatic N) is 1. The van der Waals surface area contributed by atoms with E-state index in [1.165, 1.54) is 18.2 Å². The van der Waals surface area contributed by atoms with Crippen LogP contribution in [0, 0.1) is 6.92 Å². The minimum Gasteiger partial charge on any atom is -0.478 e. The number of carboxylic acid groups (broad SMARTS) is 1. The van der Waals surface area contributed by atoms with E-state index in [0.717, 1.165) is 5.69 Å². The van der Waals surface area contributed by atoms with E-state index >= 15 is 0 Å². The predicted molar refractivity (Wildman–Crippen MR) is 66.9 cm³/mol. The quantitative estimate of drug-likeness (QED) is 0.810. The highest BCUT2D eigenvalue weighted by Crippen LogP contribution is 2.29. The van der Waals surface area contributed by atoms with Gasteiger partial charge in [0.25, 0.3) is 0 Å². The molecule has 0 unspecified atom stereocenters. The molecule has 0 aliphatic rings. The number of nitrogens with two attached hydrogens (primary N) is 1. The second kappa shape index (κ2) is 4.75. The molecule has 0 fully saturated rings. The number of carbonyl (C=O) groups is 1. The second-order valence-electron chi connectivity index (χ2n) is 3.75. The average molecular weight is 244 g/mol. The largest absolute Gasteiger partial charge is 0.478 e. The number of hydrogen-bond donors (Lipinski definition) is 2. The molecule has 1 aromatic heterocycles. The lowest BCUT2D eigenvalue weighted by atomic mass is 10.2. The number of rotatable bonds is 3. The third-order valence-electron chi connectivity index (χ3n) is 2.44. The summed E-state index contributed by atoms with van der Waals surface area (Å²) in [6, 6.07) is 7.87. The Hall–Kier alpha value is -2.56. The van der Waals surface area contributed by atoms with Crippen LogP contribution in [0.15, 0.2) is 36.5 Å². The van der Waals surface area contributed by atoms with Crippen LogP contribution in [0.5, 0.6) is 11.5 Å². The van der Waals surface area contributed by atoms with Crippen molar-refractivity contribution >= 4 is 11.7 Å². The minimum atomic E-state index is -1.02. The van der Waals surface area contributed by atoms with Gasteiger partial charge in [-0.3, -0.25) is 4.98 Å². The molecule has 1 aromatic carbocycles. The fourth-order valence-corrected chi connectivity index (χ4v) is 1.47. The Morgan fingerprint density at radius 3 is 2.72 bits per heavy atom. The molecule has 0 bridgehead atoms. The number of aromatic carboxylic acids is 1. The van der Waals surface area contributed by atoms with E-state index < -0.39 is 5.97 Å². The van der Waals surface area contributed by atoms with Gasteiger partial charge in [-0.05, 0) is 37.3 Å². The fourth-order valence-electron chi connectivity index (χ4n) is 1.47. The number of aromatic nitrogens is 1. The zero-order chi connectivity index (χ0) is 13.1. The number of ether oxygens (including phenoxy) is 1. The first-order valence-electron chi connectivity index (χ1n) is 5.30. The Bertz CT molecular complexity index is 597. The molecule has 2 rings (SSSR count). The summed E-state index contributed by atoms with van der Waals surface area (Å²) >= 11 is 0. The SMILES string of the molecule is Cc1ncccc1Oc1ccc(C(=O)O)cc1N. The van der Waals surface area contributed by atoms with Crippen molar-refractivity contribution in [3.63, 3.8) is 0 Å². The summed E-state index contributed by atoms with van der Waals surface area (Å²) in [6.45, 7) is 1.82. The summed E-state index contributed by atoms with van der Waals surface area (Å²) in [7, 11) is 0. The number of aryl methyl sites for hydroxylation is 1. The van der Waals surface area contributed by atoms with Crippen LogP contribution in [0.4, 0.5) is 5.69 Å². The molecule has 0 aliphatic heterocycles. The highest BCUT2D eigenvalue weighted by molar-refractivity contribution is 5.89. The topological polar surface area (TPSA) is 85.4 Å². The molecule has 2 aromatic rings. The van der Waals surface area contributed by atoms with E-state index in [1.54, 1.807) is 18.3 Å². The Morgan fingerprint density at radius 1 is 1.33 bits per heavy atom. The van der Waals surface area contributed by atoms with Gasteiger partial charge in [0.1, 0.15) is 11.5 Å². The number of anilines is 1. The van der Waals surface area contributed by atoms with Crippen LogP contribution in [0.2, 0.25) is 0 Å². The number of nitrogen functional groups attached to an aromatic ring is 1. The molecule has 1 heterocycles. The van der Waals surface area contributed by atoms with Crippen LogP contribution >= 0.6 is 0 Å². The summed E-state index contributed by atoms with van der Waals surface area (Å²) in [5.41, 5.74) is 6.89. The fraction of sp³-hybridized carbons (Fsp3) is 0.0769. The second-order valence-corrected chi connectivity index (χ2v) is 3.75. The van der Waals surface area contributed by atoms with Gasteiger partial charge in [-0.25, -0.2) is 4.79 Å². The van der Waals surface area contributed by atoms with Crippen molar-refractivity contribution in [3.8, 4) is 11.5 Å². The highest BCUT2D eigenvalue weighted by Gasteiger charge is 2.09. The summed E-state index contributed by atoms with van der Waals surface area (Å²) in [6.07, 6.45) is 1.67. The van der Waals surface area contributed by atoms with E-state index in [0.29, 0.717) is 11.5 Å². The van der Waals surface area contributed by atoms with Crippen LogP contribution in [0.1, 0.15) is 16.1 Å². The summed E-state index contributed by atoms with van der Waals surface area (Å²) in [5.74, 6) is -0.0193. The standard InChI is InChI=1S/C13H12N2O3/c1-8-11(3-2-6-15-8)18-12-5-4-9(13(16)17)7-10(12)14/h2-7H,14H2,1H3,(H,16,17). The van der Waals surface area contributed by atoms with Crippen LogP contribution in [-0.2, 0) is 0 Å². The first-order valence-corrected chi connectivity index (χ1v) is 5.30. The van der Waals surface area contributed by atoms with Crippen molar-refractivity contribution in [2.45, 2.75) is 6.92 Å². The van der Waals surface area contributed by atoms with Crippen LogP contribution in [0.25, 0.3) is 0 Å². The third-order valence-corrected chi connectivity index (χ3v) is 2.44. The maximum atomic E-state index is 10.8. The molecule has 5 nitrogen and oxygen atoms in total. The van der Waals surface area contributed by atoms with Gasteiger partial charge in [0, 0.05) is 6.20 Å². The number of carboxylic acids is 1. The molecule has 0 spiro atoms. The van der Waals surface area contributed by atoms with Crippen molar-refractivity contribution in [1.29, 1.82) is 0 Å². The number of benzene rings is 1. The Morgan fingerprint density at radius 2 is 2.11 bits per heavy atom. The first-order chi connectivity index (χ1) is 8.58. The molecule has 18 heavy (non-hydrogen) atoms. The van der Waals surface area contributed by atoms with E-state index in [-0.39, 0.29) is 11.3 Å². The van der Waals surface area contributed by atoms with Crippen molar-refractivity contribution in [2.24, 2.45) is 0 Å². The summed E-state index contributed by atoms with van der Waals surface area (Å²) in [5, 5.41) is 8.83. The molecule has 0 saturated heterocycles. The van der Waals surface area contributed by atoms with Crippen LogP contribution in [0.3, 0.4) is 0 Å². The lowest BCUT2D eigenvalue weighted by Crippen LogP contribution is -2.00. The van der Waals surface area contributed by atoms with Crippen LogP contribution < -0.4 is 10.5 Å². The molecule has 3 N–H and O–H groups in total. The van der Waals surface area contributed by atoms with Gasteiger partial charge in [0.15, 0.2) is 0 Å². The number of hydrogen-bond acceptors (Lipinski definition) is 4. The van der Waals surface area contributed by atoms with E-state index in [9.17, 15) is 4.79 Å². The zero-order valence-corrected chi connectivity index (χ0v) is 9.75. The zero-order valence-electron chi connectivity index (χ0n) is 9.75. The van der Waals surface area contributed by atoms with Gasteiger partial charge in [-0.2, -0.15) is 0 Å². The molecule has 0 amide bonds. The molecule has 5 heteroatoms. The predicted octanol–water partition coefficient (Wildman–Crippen LogP) is 2.46. The molecular formula is C13H12N2O3. The molecule has 0 atom stereocenters. The molecule has 0 radical (unpaired) electrons. The van der Waals surface area contributed by atoms with Crippen molar-refractivity contribution in [1.82, 2.24) is 4.98 Å². The van der Waals surface area contributed by atoms with Gasteiger partial charge < -0.3 is 15.6 Å². The smallest absolute Gasteiger partial charge is 0.335 e. The molecule has 0 saturated carbocycles. The third kappa shape index (κ3) is 2.40. The Kier molecular flexibility index (Phi) is 3.14. The molecule has 92 valence electrons. The maximum absolute atomic E-state index is 10.8. The first kappa shape index (κ1) is 11.9. The van der Waals surface area contributed by atoms with Crippen molar-refractivity contribution < 1.29 is 14.6 Å².